The normalized spacial score (nSPS) is 10.8. The Morgan fingerprint density at radius 3 is 2.35 bits per heavy atom. The fourth-order valence-electron chi connectivity index (χ4n) is 3.19. The van der Waals surface area contributed by atoms with Gasteiger partial charge in [0.2, 0.25) is 5.91 Å². The zero-order chi connectivity index (χ0) is 24.5. The molecule has 0 fully saturated rings. The minimum atomic E-state index is -0.560. The van der Waals surface area contributed by atoms with Gasteiger partial charge in [0.05, 0.1) is 19.8 Å². The lowest BCUT2D eigenvalue weighted by atomic mass is 10.0. The summed E-state index contributed by atoms with van der Waals surface area (Å²) < 4.78 is 29.7. The second-order valence-electron chi connectivity index (χ2n) is 6.98. The van der Waals surface area contributed by atoms with E-state index in [1.54, 1.807) is 42.6 Å². The molecule has 0 saturated heterocycles. The SMILES string of the molecule is CCOC(=O)c1c(-c2ccc(F)cc2)csc1NC(=O)/C=C/c1ccc(OCC)c(OCC)c1. The number of hydrogen-bond acceptors (Lipinski definition) is 6. The Morgan fingerprint density at radius 1 is 0.971 bits per heavy atom. The van der Waals surface area contributed by atoms with Crippen molar-refractivity contribution in [3.63, 3.8) is 0 Å². The molecule has 0 spiro atoms. The van der Waals surface area contributed by atoms with Crippen LogP contribution in [0, 0.1) is 5.82 Å². The fraction of sp³-hybridized carbons (Fsp3) is 0.231. The Hall–Kier alpha value is -3.65. The lowest BCUT2D eigenvalue weighted by molar-refractivity contribution is -0.111. The van der Waals surface area contributed by atoms with Gasteiger partial charge in [0, 0.05) is 17.0 Å². The summed E-state index contributed by atoms with van der Waals surface area (Å²) in [6, 6.07) is 11.2. The molecule has 1 aromatic heterocycles. The summed E-state index contributed by atoms with van der Waals surface area (Å²) >= 11 is 1.20. The number of esters is 1. The highest BCUT2D eigenvalue weighted by Gasteiger charge is 2.22. The van der Waals surface area contributed by atoms with E-state index in [1.165, 1.54) is 29.5 Å². The van der Waals surface area contributed by atoms with Crippen molar-refractivity contribution in [2.75, 3.05) is 25.1 Å². The predicted octanol–water partition coefficient (Wildman–Crippen LogP) is 6.18. The van der Waals surface area contributed by atoms with Gasteiger partial charge < -0.3 is 19.5 Å². The van der Waals surface area contributed by atoms with E-state index in [0.29, 0.717) is 40.8 Å². The lowest BCUT2D eigenvalue weighted by Crippen LogP contribution is -2.12. The largest absolute Gasteiger partial charge is 0.490 e. The number of hydrogen-bond donors (Lipinski definition) is 1. The van der Waals surface area contributed by atoms with Crippen LogP contribution in [0.25, 0.3) is 17.2 Å². The van der Waals surface area contributed by atoms with Crippen LogP contribution < -0.4 is 14.8 Å². The number of amides is 1. The minimum absolute atomic E-state index is 0.185. The van der Waals surface area contributed by atoms with Crippen molar-refractivity contribution in [1.29, 1.82) is 0 Å². The Morgan fingerprint density at radius 2 is 1.68 bits per heavy atom. The lowest BCUT2D eigenvalue weighted by Gasteiger charge is -2.11. The Kier molecular flexibility index (Phi) is 8.81. The molecule has 3 aromatic rings. The molecule has 3 rings (SSSR count). The van der Waals surface area contributed by atoms with Gasteiger partial charge in [-0.05, 0) is 62.2 Å². The highest BCUT2D eigenvalue weighted by atomic mass is 32.1. The molecule has 1 heterocycles. The molecule has 34 heavy (non-hydrogen) atoms. The number of carbonyl (C=O) groups is 2. The van der Waals surface area contributed by atoms with Gasteiger partial charge in [-0.1, -0.05) is 18.2 Å². The number of anilines is 1. The predicted molar refractivity (Wildman–Crippen MR) is 132 cm³/mol. The Bertz CT molecular complexity index is 1170. The van der Waals surface area contributed by atoms with E-state index in [-0.39, 0.29) is 18.0 Å². The molecule has 0 atom stereocenters. The molecule has 178 valence electrons. The van der Waals surface area contributed by atoms with Crippen LogP contribution in [0.2, 0.25) is 0 Å². The quantitative estimate of drug-likeness (QED) is 0.275. The molecule has 0 radical (unpaired) electrons. The minimum Gasteiger partial charge on any atom is -0.490 e. The maximum atomic E-state index is 13.3. The van der Waals surface area contributed by atoms with Gasteiger partial charge in [-0.3, -0.25) is 4.79 Å². The number of thiophene rings is 1. The second kappa shape index (κ2) is 12.0. The average molecular weight is 484 g/mol. The van der Waals surface area contributed by atoms with Crippen molar-refractivity contribution in [2.45, 2.75) is 20.8 Å². The van der Waals surface area contributed by atoms with E-state index < -0.39 is 11.9 Å². The van der Waals surface area contributed by atoms with Crippen LogP contribution in [0.1, 0.15) is 36.7 Å². The summed E-state index contributed by atoms with van der Waals surface area (Å²) in [5.41, 5.74) is 2.20. The van der Waals surface area contributed by atoms with Crippen molar-refractivity contribution in [3.8, 4) is 22.6 Å². The van der Waals surface area contributed by atoms with Crippen molar-refractivity contribution < 1.29 is 28.2 Å². The molecule has 8 heteroatoms. The maximum Gasteiger partial charge on any atom is 0.341 e. The molecule has 6 nitrogen and oxygen atoms in total. The molecular weight excluding hydrogens is 457 g/mol. The fourth-order valence-corrected chi connectivity index (χ4v) is 4.15. The zero-order valence-electron chi connectivity index (χ0n) is 19.2. The van der Waals surface area contributed by atoms with E-state index in [1.807, 2.05) is 19.9 Å². The number of rotatable bonds is 10. The average Bonchev–Trinajstić information content (AvgIpc) is 3.23. The summed E-state index contributed by atoms with van der Waals surface area (Å²) in [6.07, 6.45) is 3.02. The van der Waals surface area contributed by atoms with Gasteiger partial charge in [-0.25, -0.2) is 9.18 Å². The summed E-state index contributed by atoms with van der Waals surface area (Å²) in [5, 5.41) is 4.85. The first-order valence-corrected chi connectivity index (χ1v) is 11.8. The van der Waals surface area contributed by atoms with Gasteiger partial charge in [0.1, 0.15) is 16.4 Å². The third-order valence-electron chi connectivity index (χ3n) is 4.66. The smallest absolute Gasteiger partial charge is 0.341 e. The molecule has 0 bridgehead atoms. The number of ether oxygens (including phenoxy) is 3. The molecule has 0 aliphatic carbocycles. The Labute approximate surface area is 202 Å². The van der Waals surface area contributed by atoms with Crippen LogP contribution in [0.15, 0.2) is 53.9 Å². The van der Waals surface area contributed by atoms with Gasteiger partial charge in [0.15, 0.2) is 11.5 Å². The van der Waals surface area contributed by atoms with Crippen LogP contribution in [-0.2, 0) is 9.53 Å². The summed E-state index contributed by atoms with van der Waals surface area (Å²) in [4.78, 5) is 25.3. The first-order valence-electron chi connectivity index (χ1n) is 10.9. The molecule has 1 amide bonds. The van der Waals surface area contributed by atoms with Crippen molar-refractivity contribution in [2.24, 2.45) is 0 Å². The van der Waals surface area contributed by atoms with Gasteiger partial charge in [-0.15, -0.1) is 11.3 Å². The van der Waals surface area contributed by atoms with Crippen molar-refractivity contribution in [3.05, 3.63) is 70.9 Å². The van der Waals surface area contributed by atoms with E-state index in [0.717, 1.165) is 5.56 Å². The Balaban J connectivity index is 1.83. The van der Waals surface area contributed by atoms with Gasteiger partial charge in [0.25, 0.3) is 0 Å². The van der Waals surface area contributed by atoms with Crippen molar-refractivity contribution in [1.82, 2.24) is 0 Å². The van der Waals surface area contributed by atoms with Crippen LogP contribution in [0.4, 0.5) is 9.39 Å². The van der Waals surface area contributed by atoms with Gasteiger partial charge >= 0.3 is 5.97 Å². The molecule has 2 aromatic carbocycles. The van der Waals surface area contributed by atoms with Crippen LogP contribution in [0.5, 0.6) is 11.5 Å². The van der Waals surface area contributed by atoms with Crippen LogP contribution >= 0.6 is 11.3 Å². The van der Waals surface area contributed by atoms with Crippen molar-refractivity contribution >= 4 is 34.3 Å². The highest BCUT2D eigenvalue weighted by molar-refractivity contribution is 7.15. The monoisotopic (exact) mass is 483 g/mol. The summed E-state index contributed by atoms with van der Waals surface area (Å²) in [5.74, 6) is -0.118. The molecular formula is C26H26FNO5S. The number of nitrogens with one attached hydrogen (secondary N) is 1. The van der Waals surface area contributed by atoms with E-state index in [2.05, 4.69) is 5.32 Å². The third-order valence-corrected chi connectivity index (χ3v) is 5.55. The standard InChI is InChI=1S/C26H26FNO5S/c1-4-31-21-13-7-17(15-22(21)32-5-2)8-14-23(29)28-25-24(26(30)33-6-3)20(16-34-25)18-9-11-19(27)12-10-18/h7-16H,4-6H2,1-3H3,(H,28,29)/b14-8+. The maximum absolute atomic E-state index is 13.3. The molecule has 0 unspecified atom stereocenters. The molecule has 0 aliphatic rings. The summed E-state index contributed by atoms with van der Waals surface area (Å²) in [7, 11) is 0. The van der Waals surface area contributed by atoms with E-state index >= 15 is 0 Å². The third kappa shape index (κ3) is 6.23. The first kappa shape index (κ1) is 25.0. The molecule has 1 N–H and O–H groups in total. The molecule has 0 saturated carbocycles. The van der Waals surface area contributed by atoms with Crippen LogP contribution in [-0.4, -0.2) is 31.7 Å². The van der Waals surface area contributed by atoms with E-state index in [9.17, 15) is 14.0 Å². The first-order chi connectivity index (χ1) is 16.5. The van der Waals surface area contributed by atoms with Crippen LogP contribution in [0.3, 0.4) is 0 Å². The second-order valence-corrected chi connectivity index (χ2v) is 7.86. The summed E-state index contributed by atoms with van der Waals surface area (Å²) in [6.45, 7) is 6.67. The zero-order valence-corrected chi connectivity index (χ0v) is 20.0. The number of carbonyl (C=O) groups excluding carboxylic acids is 2. The molecule has 0 aliphatic heterocycles. The topological polar surface area (TPSA) is 73.9 Å². The van der Waals surface area contributed by atoms with Gasteiger partial charge in [-0.2, -0.15) is 0 Å². The highest BCUT2D eigenvalue weighted by Crippen LogP contribution is 2.36. The number of benzene rings is 2. The van der Waals surface area contributed by atoms with E-state index in [4.69, 9.17) is 14.2 Å². The number of halogens is 1.